The summed E-state index contributed by atoms with van der Waals surface area (Å²) in [6.07, 6.45) is 4.76. The molecular weight excluding hydrogens is 300 g/mol. The van der Waals surface area contributed by atoms with Gasteiger partial charge in [0, 0.05) is 31.0 Å². The zero-order chi connectivity index (χ0) is 15.7. The lowest BCUT2D eigenvalue weighted by Gasteiger charge is -2.12. The predicted molar refractivity (Wildman–Crippen MR) is 86.0 cm³/mol. The summed E-state index contributed by atoms with van der Waals surface area (Å²) in [4.78, 5) is 16.4. The Kier molecular flexibility index (Phi) is 3.86. The maximum absolute atomic E-state index is 12.5. The number of hydrogen-bond acceptors (Lipinski definition) is 3. The summed E-state index contributed by atoms with van der Waals surface area (Å²) in [5.41, 5.74) is 2.25. The molecule has 0 aliphatic carbocycles. The van der Waals surface area contributed by atoms with Gasteiger partial charge in [0.05, 0.1) is 16.1 Å². The normalized spacial score (nSPS) is 12.3. The van der Waals surface area contributed by atoms with Crippen molar-refractivity contribution in [2.75, 3.05) is 0 Å². The lowest BCUT2D eigenvalue weighted by atomic mass is 10.1. The van der Waals surface area contributed by atoms with Crippen molar-refractivity contribution < 1.29 is 9.53 Å². The Labute approximate surface area is 133 Å². The van der Waals surface area contributed by atoms with E-state index in [-0.39, 0.29) is 12.1 Å². The summed E-state index contributed by atoms with van der Waals surface area (Å²) >= 11 is 6.20. The molecule has 0 unspecified atom stereocenters. The molecule has 3 aromatic rings. The molecule has 0 amide bonds. The van der Waals surface area contributed by atoms with Crippen LogP contribution in [0.1, 0.15) is 28.9 Å². The van der Waals surface area contributed by atoms with Gasteiger partial charge in [-0.25, -0.2) is 4.79 Å². The fraction of sp³-hybridized carbons (Fsp3) is 0.176. The number of hydrogen-bond donors (Lipinski definition) is 0. The third-order valence-corrected chi connectivity index (χ3v) is 3.94. The molecule has 22 heavy (non-hydrogen) atoms. The Balaban J connectivity index is 1.92. The number of aromatic nitrogens is 2. The second-order valence-electron chi connectivity index (χ2n) is 5.12. The molecule has 0 fully saturated rings. The molecule has 0 saturated carbocycles. The summed E-state index contributed by atoms with van der Waals surface area (Å²) in [6.45, 7) is 1.84. The molecule has 0 bridgehead atoms. The van der Waals surface area contributed by atoms with Gasteiger partial charge in [-0.1, -0.05) is 23.7 Å². The third-order valence-electron chi connectivity index (χ3n) is 3.63. The zero-order valence-corrected chi connectivity index (χ0v) is 13.0. The van der Waals surface area contributed by atoms with Gasteiger partial charge in [-0.15, -0.1) is 0 Å². The van der Waals surface area contributed by atoms with Crippen molar-refractivity contribution >= 4 is 28.5 Å². The first-order valence-electron chi connectivity index (χ1n) is 6.92. The molecule has 0 saturated heterocycles. The topological polar surface area (TPSA) is 44.1 Å². The van der Waals surface area contributed by atoms with Crippen LogP contribution in [0.25, 0.3) is 10.9 Å². The van der Waals surface area contributed by atoms with E-state index in [2.05, 4.69) is 4.98 Å². The lowest BCUT2D eigenvalue weighted by molar-refractivity contribution is 0.0340. The van der Waals surface area contributed by atoms with Crippen LogP contribution in [0.3, 0.4) is 0 Å². The quantitative estimate of drug-likeness (QED) is 0.682. The van der Waals surface area contributed by atoms with Gasteiger partial charge >= 0.3 is 5.97 Å². The maximum Gasteiger partial charge on any atom is 0.340 e. The standard InChI is InChI=1S/C17H15ClN2O2/c1-11(12-6-8-19-9-7-12)22-17(21)14-10-20(2)16-13(14)4-3-5-15(16)18/h3-11H,1-2H3/t11-/m1/s1. The Morgan fingerprint density at radius 2 is 2.00 bits per heavy atom. The van der Waals surface area contributed by atoms with E-state index in [1.54, 1.807) is 24.7 Å². The molecular formula is C17H15ClN2O2. The number of aryl methyl sites for hydroxylation is 1. The van der Waals surface area contributed by atoms with E-state index in [1.165, 1.54) is 0 Å². The van der Waals surface area contributed by atoms with Gasteiger partial charge < -0.3 is 9.30 Å². The summed E-state index contributed by atoms with van der Waals surface area (Å²) < 4.78 is 7.40. The first-order valence-corrected chi connectivity index (χ1v) is 7.30. The highest BCUT2D eigenvalue weighted by molar-refractivity contribution is 6.35. The molecule has 3 rings (SSSR count). The van der Waals surface area contributed by atoms with Gasteiger partial charge in [-0.2, -0.15) is 0 Å². The fourth-order valence-electron chi connectivity index (χ4n) is 2.51. The highest BCUT2D eigenvalue weighted by atomic mass is 35.5. The Hall–Kier alpha value is -2.33. The largest absolute Gasteiger partial charge is 0.454 e. The van der Waals surface area contributed by atoms with Crippen LogP contribution >= 0.6 is 11.6 Å². The van der Waals surface area contributed by atoms with Crippen LogP contribution < -0.4 is 0 Å². The molecule has 1 aromatic carbocycles. The average molecular weight is 315 g/mol. The van der Waals surface area contributed by atoms with E-state index >= 15 is 0 Å². The minimum Gasteiger partial charge on any atom is -0.454 e. The van der Waals surface area contributed by atoms with Gasteiger partial charge in [0.25, 0.3) is 0 Å². The zero-order valence-electron chi connectivity index (χ0n) is 12.3. The minimum absolute atomic E-state index is 0.343. The Morgan fingerprint density at radius 1 is 1.27 bits per heavy atom. The molecule has 1 atom stereocenters. The summed E-state index contributed by atoms with van der Waals surface area (Å²) in [5, 5.41) is 1.41. The molecule has 4 nitrogen and oxygen atoms in total. The number of esters is 1. The van der Waals surface area contributed by atoms with Gasteiger partial charge in [0.15, 0.2) is 0 Å². The number of nitrogens with zero attached hydrogens (tertiary/aromatic N) is 2. The molecule has 0 spiro atoms. The predicted octanol–water partition coefficient (Wildman–Crippen LogP) is 4.14. The van der Waals surface area contributed by atoms with Crippen LogP contribution in [0.15, 0.2) is 48.9 Å². The van der Waals surface area contributed by atoms with Crippen LogP contribution in [0, 0.1) is 0 Å². The highest BCUT2D eigenvalue weighted by Crippen LogP contribution is 2.29. The van der Waals surface area contributed by atoms with E-state index in [9.17, 15) is 4.79 Å². The third kappa shape index (κ3) is 2.57. The fourth-order valence-corrected chi connectivity index (χ4v) is 2.82. The molecule has 0 aliphatic rings. The number of carbonyl (C=O) groups excluding carboxylic acids is 1. The van der Waals surface area contributed by atoms with E-state index in [0.29, 0.717) is 10.6 Å². The first kappa shape index (κ1) is 14.6. The maximum atomic E-state index is 12.5. The van der Waals surface area contributed by atoms with Crippen LogP contribution in [0.2, 0.25) is 5.02 Å². The van der Waals surface area contributed by atoms with Gasteiger partial charge in [-0.05, 0) is 30.7 Å². The summed E-state index contributed by atoms with van der Waals surface area (Å²) in [5.74, 6) is -0.364. The highest BCUT2D eigenvalue weighted by Gasteiger charge is 2.19. The van der Waals surface area contributed by atoms with Crippen molar-refractivity contribution in [3.05, 3.63) is 65.1 Å². The van der Waals surface area contributed by atoms with Gasteiger partial charge in [0.1, 0.15) is 6.10 Å². The van der Waals surface area contributed by atoms with E-state index < -0.39 is 0 Å². The van der Waals surface area contributed by atoms with Gasteiger partial charge in [-0.3, -0.25) is 4.98 Å². The smallest absolute Gasteiger partial charge is 0.340 e. The van der Waals surface area contributed by atoms with Crippen LogP contribution in [-0.4, -0.2) is 15.5 Å². The van der Waals surface area contributed by atoms with Crippen molar-refractivity contribution in [3.8, 4) is 0 Å². The van der Waals surface area contributed by atoms with E-state index in [0.717, 1.165) is 16.5 Å². The molecule has 112 valence electrons. The molecule has 2 aromatic heterocycles. The van der Waals surface area contributed by atoms with Crippen LogP contribution in [-0.2, 0) is 11.8 Å². The van der Waals surface area contributed by atoms with Crippen LogP contribution in [0.5, 0.6) is 0 Å². The van der Waals surface area contributed by atoms with E-state index in [4.69, 9.17) is 16.3 Å². The van der Waals surface area contributed by atoms with Crippen molar-refractivity contribution in [2.45, 2.75) is 13.0 Å². The number of benzene rings is 1. The molecule has 0 aliphatic heterocycles. The second kappa shape index (κ2) is 5.81. The number of fused-ring (bicyclic) bond motifs is 1. The SMILES string of the molecule is C[C@@H](OC(=O)c1cn(C)c2c(Cl)cccc12)c1ccncc1. The van der Waals surface area contributed by atoms with Crippen LogP contribution in [0.4, 0.5) is 0 Å². The average Bonchev–Trinajstić information content (AvgIpc) is 2.86. The van der Waals surface area contributed by atoms with Crippen molar-refractivity contribution in [3.63, 3.8) is 0 Å². The van der Waals surface area contributed by atoms with Crippen molar-refractivity contribution in [2.24, 2.45) is 7.05 Å². The summed E-state index contributed by atoms with van der Waals surface area (Å²) in [7, 11) is 1.86. The number of ether oxygens (including phenoxy) is 1. The van der Waals surface area contributed by atoms with E-state index in [1.807, 2.05) is 42.8 Å². The first-order chi connectivity index (χ1) is 10.6. The molecule has 0 N–H and O–H groups in total. The lowest BCUT2D eigenvalue weighted by Crippen LogP contribution is -2.09. The number of halogens is 1. The molecule has 0 radical (unpaired) electrons. The van der Waals surface area contributed by atoms with Crippen molar-refractivity contribution in [1.82, 2.24) is 9.55 Å². The molecule has 5 heteroatoms. The second-order valence-corrected chi connectivity index (χ2v) is 5.52. The monoisotopic (exact) mass is 314 g/mol. The Morgan fingerprint density at radius 3 is 2.73 bits per heavy atom. The molecule has 2 heterocycles. The summed E-state index contributed by atoms with van der Waals surface area (Å²) in [6, 6.07) is 9.16. The number of rotatable bonds is 3. The van der Waals surface area contributed by atoms with Gasteiger partial charge in [0.2, 0.25) is 0 Å². The Bertz CT molecular complexity index is 827. The number of pyridine rings is 1. The number of para-hydroxylation sites is 1. The minimum atomic E-state index is -0.364. The van der Waals surface area contributed by atoms with Crippen molar-refractivity contribution in [1.29, 1.82) is 0 Å². The number of carbonyl (C=O) groups is 1.